The van der Waals surface area contributed by atoms with Crippen LogP contribution in [0.4, 0.5) is 0 Å². The molecule has 2 heterocycles. The van der Waals surface area contributed by atoms with Gasteiger partial charge in [0.05, 0.1) is 29.0 Å². The predicted octanol–water partition coefficient (Wildman–Crippen LogP) is 3.33. The Morgan fingerprint density at radius 1 is 1.06 bits per heavy atom. The van der Waals surface area contributed by atoms with Crippen molar-refractivity contribution < 1.29 is 14.3 Å². The monoisotopic (exact) mass is 438 g/mol. The molecular weight excluding hydrogens is 416 g/mol. The van der Waals surface area contributed by atoms with Crippen molar-refractivity contribution in [2.45, 2.75) is 18.9 Å². The molecule has 2 aromatic carbocycles. The van der Waals surface area contributed by atoms with Gasteiger partial charge in [-0.1, -0.05) is 41.9 Å². The van der Waals surface area contributed by atoms with Gasteiger partial charge in [0.25, 0.3) is 5.91 Å². The van der Waals surface area contributed by atoms with Gasteiger partial charge >= 0.3 is 0 Å². The van der Waals surface area contributed by atoms with E-state index in [9.17, 15) is 9.59 Å². The van der Waals surface area contributed by atoms with E-state index in [-0.39, 0.29) is 24.5 Å². The first-order valence-electron chi connectivity index (χ1n) is 10.2. The third-order valence-corrected chi connectivity index (χ3v) is 5.50. The molecule has 3 aromatic rings. The largest absolute Gasteiger partial charge is 0.489 e. The number of hydrogen-bond acceptors (Lipinski definition) is 4. The van der Waals surface area contributed by atoms with E-state index < -0.39 is 0 Å². The molecule has 1 fully saturated rings. The molecule has 0 aliphatic carbocycles. The maximum atomic E-state index is 12.5. The quantitative estimate of drug-likeness (QED) is 0.640. The zero-order valence-electron chi connectivity index (χ0n) is 16.9. The molecule has 1 aliphatic heterocycles. The first-order chi connectivity index (χ1) is 15.1. The van der Waals surface area contributed by atoms with Gasteiger partial charge in [-0.3, -0.25) is 9.59 Å². The molecule has 4 rings (SSSR count). The number of amides is 2. The van der Waals surface area contributed by atoms with Crippen LogP contribution in [0.3, 0.4) is 0 Å². The minimum atomic E-state index is -0.326. The molecule has 1 aliphatic rings. The van der Waals surface area contributed by atoms with Gasteiger partial charge in [0, 0.05) is 32.1 Å². The molecule has 1 aromatic heterocycles. The summed E-state index contributed by atoms with van der Waals surface area (Å²) in [5.74, 6) is 0.227. The van der Waals surface area contributed by atoms with Gasteiger partial charge < -0.3 is 15.0 Å². The number of carbonyl (C=O) groups is 2. The van der Waals surface area contributed by atoms with Crippen molar-refractivity contribution >= 4 is 23.4 Å². The predicted molar refractivity (Wildman–Crippen MR) is 118 cm³/mol. The lowest BCUT2D eigenvalue weighted by Crippen LogP contribution is -2.46. The SMILES string of the molecule is O=C(NCC(=O)N1CCC(Oc2ccccc2Cl)CC1)c1cnn(-c2ccccc2)c1. The maximum absolute atomic E-state index is 12.5. The first kappa shape index (κ1) is 20.9. The van der Waals surface area contributed by atoms with Crippen molar-refractivity contribution in [3.63, 3.8) is 0 Å². The number of hydrogen-bond donors (Lipinski definition) is 1. The fourth-order valence-corrected chi connectivity index (χ4v) is 3.65. The average Bonchev–Trinajstić information content (AvgIpc) is 3.30. The maximum Gasteiger partial charge on any atom is 0.254 e. The number of nitrogens with zero attached hydrogens (tertiary/aromatic N) is 3. The topological polar surface area (TPSA) is 76.5 Å². The minimum absolute atomic E-state index is 0.0161. The lowest BCUT2D eigenvalue weighted by molar-refractivity contribution is -0.131. The number of piperidine rings is 1. The third-order valence-electron chi connectivity index (χ3n) is 5.19. The highest BCUT2D eigenvalue weighted by atomic mass is 35.5. The molecule has 0 spiro atoms. The standard InChI is InChI=1S/C23H23ClN4O3/c24-20-8-4-5-9-21(20)31-19-10-12-27(13-11-19)22(29)15-25-23(30)17-14-26-28(16-17)18-6-2-1-3-7-18/h1-9,14,16,19H,10-13,15H2,(H,25,30). The first-order valence-corrected chi connectivity index (χ1v) is 10.6. The second kappa shape index (κ2) is 9.66. The summed E-state index contributed by atoms with van der Waals surface area (Å²) in [4.78, 5) is 26.7. The van der Waals surface area contributed by atoms with Crippen LogP contribution >= 0.6 is 11.6 Å². The van der Waals surface area contributed by atoms with Gasteiger partial charge in [-0.15, -0.1) is 0 Å². The van der Waals surface area contributed by atoms with Crippen LogP contribution in [0.5, 0.6) is 5.75 Å². The van der Waals surface area contributed by atoms with E-state index in [0.717, 1.165) is 18.5 Å². The Balaban J connectivity index is 1.24. The van der Waals surface area contributed by atoms with E-state index in [0.29, 0.717) is 29.4 Å². The molecule has 1 saturated heterocycles. The number of benzene rings is 2. The van der Waals surface area contributed by atoms with Crippen molar-refractivity contribution in [2.24, 2.45) is 0 Å². The number of likely N-dealkylation sites (tertiary alicyclic amines) is 1. The van der Waals surface area contributed by atoms with E-state index in [1.54, 1.807) is 21.8 Å². The summed E-state index contributed by atoms with van der Waals surface area (Å²) in [6, 6.07) is 16.9. The molecule has 0 bridgehead atoms. The number of rotatable bonds is 6. The Kier molecular flexibility index (Phi) is 6.52. The molecule has 1 N–H and O–H groups in total. The van der Waals surface area contributed by atoms with Gasteiger partial charge in [0.2, 0.25) is 5.91 Å². The van der Waals surface area contributed by atoms with Crippen LogP contribution in [0.1, 0.15) is 23.2 Å². The number of para-hydroxylation sites is 2. The van der Waals surface area contributed by atoms with E-state index in [2.05, 4.69) is 10.4 Å². The van der Waals surface area contributed by atoms with Crippen LogP contribution in [0.15, 0.2) is 67.0 Å². The van der Waals surface area contributed by atoms with Crippen LogP contribution in [0.2, 0.25) is 5.02 Å². The minimum Gasteiger partial charge on any atom is -0.489 e. The van der Waals surface area contributed by atoms with Gasteiger partial charge in [-0.05, 0) is 24.3 Å². The van der Waals surface area contributed by atoms with Crippen molar-refractivity contribution in [3.05, 3.63) is 77.6 Å². The van der Waals surface area contributed by atoms with Crippen LogP contribution in [0, 0.1) is 0 Å². The Morgan fingerprint density at radius 2 is 1.77 bits per heavy atom. The number of aromatic nitrogens is 2. The van der Waals surface area contributed by atoms with Crippen LogP contribution in [-0.2, 0) is 4.79 Å². The van der Waals surface area contributed by atoms with Crippen molar-refractivity contribution in [1.82, 2.24) is 20.0 Å². The summed E-state index contributed by atoms with van der Waals surface area (Å²) in [5.41, 5.74) is 1.27. The normalized spacial score (nSPS) is 14.3. The molecule has 2 amide bonds. The zero-order valence-corrected chi connectivity index (χ0v) is 17.7. The van der Waals surface area contributed by atoms with Crippen LogP contribution in [-0.4, -0.2) is 52.2 Å². The smallest absolute Gasteiger partial charge is 0.254 e. The Labute approximate surface area is 185 Å². The lowest BCUT2D eigenvalue weighted by Gasteiger charge is -2.32. The highest BCUT2D eigenvalue weighted by Crippen LogP contribution is 2.26. The summed E-state index contributed by atoms with van der Waals surface area (Å²) < 4.78 is 7.59. The van der Waals surface area contributed by atoms with Crippen molar-refractivity contribution in [1.29, 1.82) is 0 Å². The average molecular weight is 439 g/mol. The molecule has 160 valence electrons. The summed E-state index contributed by atoms with van der Waals surface area (Å²) in [6.07, 6.45) is 4.59. The van der Waals surface area contributed by atoms with Crippen molar-refractivity contribution in [3.8, 4) is 11.4 Å². The summed E-state index contributed by atoms with van der Waals surface area (Å²) in [5, 5.41) is 7.48. The number of carbonyl (C=O) groups excluding carboxylic acids is 2. The summed E-state index contributed by atoms with van der Waals surface area (Å²) >= 11 is 6.14. The number of nitrogens with one attached hydrogen (secondary N) is 1. The summed E-state index contributed by atoms with van der Waals surface area (Å²) in [7, 11) is 0. The number of halogens is 1. The van der Waals surface area contributed by atoms with Gasteiger partial charge in [0.1, 0.15) is 11.9 Å². The van der Waals surface area contributed by atoms with E-state index in [4.69, 9.17) is 16.3 Å². The van der Waals surface area contributed by atoms with Crippen LogP contribution in [0.25, 0.3) is 5.69 Å². The molecule has 31 heavy (non-hydrogen) atoms. The Bertz CT molecular complexity index is 1050. The van der Waals surface area contributed by atoms with Gasteiger partial charge in [0.15, 0.2) is 0 Å². The molecule has 0 atom stereocenters. The Hall–Kier alpha value is -3.32. The lowest BCUT2D eigenvalue weighted by atomic mass is 10.1. The Morgan fingerprint density at radius 3 is 2.52 bits per heavy atom. The van der Waals surface area contributed by atoms with Crippen molar-refractivity contribution in [2.75, 3.05) is 19.6 Å². The van der Waals surface area contributed by atoms with Gasteiger partial charge in [-0.25, -0.2) is 4.68 Å². The molecule has 0 unspecified atom stereocenters. The molecule has 0 saturated carbocycles. The molecule has 0 radical (unpaired) electrons. The molecule has 7 nitrogen and oxygen atoms in total. The molecule has 8 heteroatoms. The second-order valence-electron chi connectivity index (χ2n) is 7.32. The highest BCUT2D eigenvalue weighted by Gasteiger charge is 2.24. The van der Waals surface area contributed by atoms with Crippen LogP contribution < -0.4 is 10.1 Å². The number of ether oxygens (including phenoxy) is 1. The third kappa shape index (κ3) is 5.24. The fourth-order valence-electron chi connectivity index (χ4n) is 3.47. The van der Waals surface area contributed by atoms with E-state index >= 15 is 0 Å². The van der Waals surface area contributed by atoms with E-state index in [1.807, 2.05) is 48.5 Å². The van der Waals surface area contributed by atoms with Gasteiger partial charge in [-0.2, -0.15) is 5.10 Å². The fraction of sp³-hybridized carbons (Fsp3) is 0.261. The summed E-state index contributed by atoms with van der Waals surface area (Å²) in [6.45, 7) is 1.11. The zero-order chi connectivity index (χ0) is 21.6. The second-order valence-corrected chi connectivity index (χ2v) is 7.73. The molecular formula is C23H23ClN4O3. The highest BCUT2D eigenvalue weighted by molar-refractivity contribution is 6.32. The van der Waals surface area contributed by atoms with E-state index in [1.165, 1.54) is 6.20 Å².